The van der Waals surface area contributed by atoms with Crippen LogP contribution < -0.4 is 0 Å². The van der Waals surface area contributed by atoms with Gasteiger partial charge in [0.25, 0.3) is 0 Å². The second-order valence-corrected chi connectivity index (χ2v) is 7.61. The molecule has 0 spiro atoms. The summed E-state index contributed by atoms with van der Waals surface area (Å²) in [6.45, 7) is 3.85. The lowest BCUT2D eigenvalue weighted by Crippen LogP contribution is -1.81. The van der Waals surface area contributed by atoms with Crippen LogP contribution in [0.3, 0.4) is 0 Å². The summed E-state index contributed by atoms with van der Waals surface area (Å²) in [6, 6.07) is 0. The molecule has 0 aliphatic heterocycles. The molecule has 0 aliphatic carbocycles. The van der Waals surface area contributed by atoms with Crippen molar-refractivity contribution in [2.75, 3.05) is 18.5 Å². The molecule has 84 valence electrons. The van der Waals surface area contributed by atoms with E-state index in [0.29, 0.717) is 0 Å². The van der Waals surface area contributed by atoms with Crippen molar-refractivity contribution in [1.82, 2.24) is 0 Å². The fourth-order valence-corrected chi connectivity index (χ4v) is 4.34. The van der Waals surface area contributed by atoms with Crippen LogP contribution in [-0.2, 0) is 0 Å². The molecule has 0 saturated heterocycles. The molecule has 3 unspecified atom stereocenters. The fraction of sp³-hybridized carbons (Fsp3) is 0.667. The minimum atomic E-state index is 0.894. The van der Waals surface area contributed by atoms with Gasteiger partial charge in [-0.1, -0.05) is 26.3 Å². The van der Waals surface area contributed by atoms with E-state index in [4.69, 9.17) is 0 Å². The first-order valence-corrected chi connectivity index (χ1v) is 10.0. The highest BCUT2D eigenvalue weighted by atomic mass is 32.0. The maximum Gasteiger partial charge on any atom is 0.0262 e. The van der Waals surface area contributed by atoms with Crippen LogP contribution in [0.2, 0.25) is 0 Å². The Morgan fingerprint density at radius 3 is 2.47 bits per heavy atom. The van der Waals surface area contributed by atoms with Gasteiger partial charge in [-0.2, -0.15) is 0 Å². The summed E-state index contributed by atoms with van der Waals surface area (Å²) in [5.74, 6) is 9.02. The molecular formula is C12H21P3. The van der Waals surface area contributed by atoms with Gasteiger partial charge in [0.1, 0.15) is 0 Å². The fourth-order valence-electron chi connectivity index (χ4n) is 1.05. The molecule has 0 aromatic carbocycles. The SMILES string of the molecule is CC#CCPCCCCCPPC#CC. The van der Waals surface area contributed by atoms with E-state index < -0.39 is 0 Å². The van der Waals surface area contributed by atoms with Crippen molar-refractivity contribution in [2.24, 2.45) is 0 Å². The standard InChI is InChI=1S/C12H21P3/c1-3-5-10-13-11-7-6-8-12-15-14-9-4-2/h13-15H,6-8,10-12H2,1-2H3. The Hall–Kier alpha value is 0.410. The quantitative estimate of drug-likeness (QED) is 0.349. The molecule has 0 fully saturated rings. The lowest BCUT2D eigenvalue weighted by molar-refractivity contribution is 0.784. The van der Waals surface area contributed by atoms with Crippen molar-refractivity contribution >= 4 is 25.1 Å². The maximum atomic E-state index is 3.15. The minimum Gasteiger partial charge on any atom is -0.110 e. The predicted octanol–water partition coefficient (Wildman–Crippen LogP) is 4.11. The Bertz CT molecular complexity index is 213. The van der Waals surface area contributed by atoms with Crippen molar-refractivity contribution in [3.63, 3.8) is 0 Å². The van der Waals surface area contributed by atoms with Crippen molar-refractivity contribution < 1.29 is 0 Å². The van der Waals surface area contributed by atoms with Gasteiger partial charge in [0, 0.05) is 6.16 Å². The Labute approximate surface area is 100 Å². The Morgan fingerprint density at radius 2 is 1.73 bits per heavy atom. The molecule has 0 aromatic rings. The van der Waals surface area contributed by atoms with E-state index in [-0.39, 0.29) is 0 Å². The number of unbranched alkanes of at least 4 members (excludes halogenated alkanes) is 2. The molecule has 0 saturated carbocycles. The molecule has 0 amide bonds. The van der Waals surface area contributed by atoms with E-state index in [1.165, 1.54) is 31.6 Å². The van der Waals surface area contributed by atoms with E-state index in [1.807, 2.05) is 13.8 Å². The third kappa shape index (κ3) is 14.4. The summed E-state index contributed by atoms with van der Waals surface area (Å²) in [5, 5.41) is 0. The largest absolute Gasteiger partial charge is 0.110 e. The number of hydrogen-bond acceptors (Lipinski definition) is 0. The summed E-state index contributed by atoms with van der Waals surface area (Å²) >= 11 is 0. The van der Waals surface area contributed by atoms with Gasteiger partial charge in [-0.25, -0.2) is 0 Å². The lowest BCUT2D eigenvalue weighted by Gasteiger charge is -1.99. The van der Waals surface area contributed by atoms with E-state index in [0.717, 1.165) is 31.3 Å². The van der Waals surface area contributed by atoms with Gasteiger partial charge in [-0.05, 0) is 47.3 Å². The molecule has 3 atom stereocenters. The molecule has 0 rings (SSSR count). The van der Waals surface area contributed by atoms with E-state index in [9.17, 15) is 0 Å². The highest BCUT2D eigenvalue weighted by Gasteiger charge is 1.90. The molecule has 0 heterocycles. The molecule has 0 aromatic heterocycles. The Morgan fingerprint density at radius 1 is 0.933 bits per heavy atom. The summed E-state index contributed by atoms with van der Waals surface area (Å²) in [7, 11) is 3.04. The molecule has 0 nitrogen and oxygen atoms in total. The van der Waals surface area contributed by atoms with Crippen molar-refractivity contribution in [1.29, 1.82) is 0 Å². The highest BCUT2D eigenvalue weighted by Crippen LogP contribution is 2.36. The van der Waals surface area contributed by atoms with Gasteiger partial charge in [-0.3, -0.25) is 0 Å². The average Bonchev–Trinajstić information content (AvgIpc) is 2.26. The van der Waals surface area contributed by atoms with Crippen molar-refractivity contribution in [3.8, 4) is 23.4 Å². The normalized spacial score (nSPS) is 11.1. The average molecular weight is 258 g/mol. The zero-order valence-corrected chi connectivity index (χ0v) is 12.7. The second-order valence-electron chi connectivity index (χ2n) is 3.09. The van der Waals surface area contributed by atoms with Crippen LogP contribution in [0.1, 0.15) is 33.1 Å². The summed E-state index contributed by atoms with van der Waals surface area (Å²) in [5.41, 5.74) is 3.15. The first-order valence-electron chi connectivity index (χ1n) is 5.41. The molecule has 0 aliphatic rings. The van der Waals surface area contributed by atoms with E-state index in [2.05, 4.69) is 23.4 Å². The van der Waals surface area contributed by atoms with Gasteiger partial charge < -0.3 is 0 Å². The third-order valence-corrected chi connectivity index (χ3v) is 5.77. The number of hydrogen-bond donors (Lipinski definition) is 0. The molecular weight excluding hydrogens is 237 g/mol. The topological polar surface area (TPSA) is 0 Å². The van der Waals surface area contributed by atoms with Gasteiger partial charge in [0.05, 0.1) is 0 Å². The lowest BCUT2D eigenvalue weighted by atomic mass is 10.3. The molecule has 15 heavy (non-hydrogen) atoms. The van der Waals surface area contributed by atoms with Crippen LogP contribution in [0.15, 0.2) is 0 Å². The van der Waals surface area contributed by atoms with Crippen LogP contribution in [0.25, 0.3) is 0 Å². The first kappa shape index (κ1) is 15.4. The van der Waals surface area contributed by atoms with Crippen LogP contribution >= 0.6 is 25.1 Å². The van der Waals surface area contributed by atoms with Crippen molar-refractivity contribution in [3.05, 3.63) is 0 Å². The van der Waals surface area contributed by atoms with Crippen LogP contribution in [0, 0.1) is 23.4 Å². The predicted molar refractivity (Wildman–Crippen MR) is 80.3 cm³/mol. The first-order chi connectivity index (χ1) is 7.41. The molecule has 0 N–H and O–H groups in total. The molecule has 3 heteroatoms. The third-order valence-electron chi connectivity index (χ3n) is 1.82. The Balaban J connectivity index is 2.96. The van der Waals surface area contributed by atoms with Gasteiger partial charge >= 0.3 is 0 Å². The smallest absolute Gasteiger partial charge is 0.0262 e. The van der Waals surface area contributed by atoms with Gasteiger partial charge in [-0.15, -0.1) is 20.4 Å². The van der Waals surface area contributed by atoms with Gasteiger partial charge in [0.15, 0.2) is 0 Å². The zero-order valence-electron chi connectivity index (χ0n) is 9.74. The zero-order chi connectivity index (χ0) is 11.2. The van der Waals surface area contributed by atoms with E-state index in [1.54, 1.807) is 0 Å². The summed E-state index contributed by atoms with van der Waals surface area (Å²) < 4.78 is 0. The molecule has 0 bridgehead atoms. The number of rotatable bonds is 8. The Kier molecular flexibility index (Phi) is 14.8. The minimum absolute atomic E-state index is 0.894. The van der Waals surface area contributed by atoms with Gasteiger partial charge in [0.2, 0.25) is 0 Å². The van der Waals surface area contributed by atoms with E-state index >= 15 is 0 Å². The summed E-state index contributed by atoms with van der Waals surface area (Å²) in [6.07, 6.45) is 8.10. The van der Waals surface area contributed by atoms with Crippen molar-refractivity contribution in [2.45, 2.75) is 33.1 Å². The monoisotopic (exact) mass is 258 g/mol. The maximum absolute atomic E-state index is 3.15. The van der Waals surface area contributed by atoms with Crippen LogP contribution in [-0.4, -0.2) is 18.5 Å². The van der Waals surface area contributed by atoms with Crippen LogP contribution in [0.5, 0.6) is 0 Å². The van der Waals surface area contributed by atoms with Crippen LogP contribution in [0.4, 0.5) is 0 Å². The molecule has 0 radical (unpaired) electrons. The second kappa shape index (κ2) is 14.4. The highest BCUT2D eigenvalue weighted by molar-refractivity contribution is 8.14. The summed E-state index contributed by atoms with van der Waals surface area (Å²) in [4.78, 5) is 0.